The van der Waals surface area contributed by atoms with Crippen LogP contribution in [0.5, 0.6) is 0 Å². The first-order chi connectivity index (χ1) is 9.25. The second-order valence-corrected chi connectivity index (χ2v) is 6.88. The number of piperazine rings is 1. The molecule has 112 valence electrons. The molecule has 1 aromatic rings. The first-order valence-corrected chi connectivity index (χ1v) is 7.69. The number of hydrogen-bond acceptors (Lipinski definition) is 5. The van der Waals surface area contributed by atoms with E-state index in [9.17, 15) is 18.0 Å². The minimum atomic E-state index is -3.89. The van der Waals surface area contributed by atoms with Gasteiger partial charge in [-0.25, -0.2) is 13.2 Å². The fraction of sp³-hybridized carbons (Fsp3) is 0.636. The van der Waals surface area contributed by atoms with Gasteiger partial charge in [-0.1, -0.05) is 0 Å². The van der Waals surface area contributed by atoms with Crippen LogP contribution in [-0.4, -0.2) is 47.5 Å². The van der Waals surface area contributed by atoms with E-state index in [0.717, 1.165) is 15.3 Å². The first kappa shape index (κ1) is 14.9. The summed E-state index contributed by atoms with van der Waals surface area (Å²) in [5, 5.41) is 3.14. The predicted molar refractivity (Wildman–Crippen MR) is 73.1 cm³/mol. The summed E-state index contributed by atoms with van der Waals surface area (Å²) in [6.45, 7) is 3.01. The van der Waals surface area contributed by atoms with Crippen LogP contribution in [0.25, 0.3) is 0 Å². The lowest BCUT2D eigenvalue weighted by atomic mass is 10.3. The monoisotopic (exact) mass is 302 g/mol. The molecule has 1 aliphatic rings. The highest BCUT2D eigenvalue weighted by Gasteiger charge is 2.31. The van der Waals surface area contributed by atoms with Crippen molar-refractivity contribution in [3.63, 3.8) is 0 Å². The van der Waals surface area contributed by atoms with Crippen LogP contribution < -0.4 is 16.6 Å². The highest BCUT2D eigenvalue weighted by molar-refractivity contribution is 7.89. The molecule has 8 nitrogen and oxygen atoms in total. The SMILES string of the molecule is C[C@@H]1CN(S(=O)(=O)c2cn(C)c(=O)n(C)c2=O)CCN1. The van der Waals surface area contributed by atoms with Crippen molar-refractivity contribution in [3.05, 3.63) is 27.0 Å². The van der Waals surface area contributed by atoms with Crippen LogP contribution in [0.1, 0.15) is 6.92 Å². The van der Waals surface area contributed by atoms with E-state index < -0.39 is 21.3 Å². The van der Waals surface area contributed by atoms with Crippen molar-refractivity contribution in [3.8, 4) is 0 Å². The summed E-state index contributed by atoms with van der Waals surface area (Å²) >= 11 is 0. The van der Waals surface area contributed by atoms with Gasteiger partial charge in [0.2, 0.25) is 10.0 Å². The third-order valence-corrected chi connectivity index (χ3v) is 5.21. The Balaban J connectivity index is 2.56. The van der Waals surface area contributed by atoms with E-state index in [1.165, 1.54) is 18.4 Å². The molecule has 0 saturated carbocycles. The molecule has 0 amide bonds. The van der Waals surface area contributed by atoms with E-state index in [0.29, 0.717) is 19.6 Å². The maximum Gasteiger partial charge on any atom is 0.330 e. The molecule has 9 heteroatoms. The van der Waals surface area contributed by atoms with E-state index >= 15 is 0 Å². The zero-order valence-corrected chi connectivity index (χ0v) is 12.5. The molecule has 20 heavy (non-hydrogen) atoms. The zero-order valence-electron chi connectivity index (χ0n) is 11.7. The molecule has 1 aromatic heterocycles. The smallest absolute Gasteiger partial charge is 0.312 e. The van der Waals surface area contributed by atoms with E-state index in [1.807, 2.05) is 6.92 Å². The van der Waals surface area contributed by atoms with Crippen molar-refractivity contribution < 1.29 is 8.42 Å². The minimum Gasteiger partial charge on any atom is -0.312 e. The topological polar surface area (TPSA) is 93.4 Å². The molecule has 2 heterocycles. The average molecular weight is 302 g/mol. The van der Waals surface area contributed by atoms with Crippen LogP contribution in [0.15, 0.2) is 20.7 Å². The fourth-order valence-corrected chi connectivity index (χ4v) is 3.88. The number of rotatable bonds is 2. The van der Waals surface area contributed by atoms with Gasteiger partial charge in [-0.2, -0.15) is 4.31 Å². The number of hydrogen-bond donors (Lipinski definition) is 1. The van der Waals surface area contributed by atoms with E-state index in [2.05, 4.69) is 5.32 Å². The quantitative estimate of drug-likeness (QED) is 0.686. The van der Waals surface area contributed by atoms with Crippen LogP contribution in [0.2, 0.25) is 0 Å². The Kier molecular flexibility index (Phi) is 3.85. The number of sulfonamides is 1. The third-order valence-electron chi connectivity index (χ3n) is 3.36. The van der Waals surface area contributed by atoms with Crippen molar-refractivity contribution in [1.29, 1.82) is 0 Å². The van der Waals surface area contributed by atoms with Gasteiger partial charge >= 0.3 is 5.69 Å². The van der Waals surface area contributed by atoms with Gasteiger partial charge in [0.15, 0.2) is 4.90 Å². The normalized spacial score (nSPS) is 21.1. The Hall–Kier alpha value is -1.45. The summed E-state index contributed by atoms with van der Waals surface area (Å²) < 4.78 is 28.3. The average Bonchev–Trinajstić information content (AvgIpc) is 2.40. The molecule has 1 saturated heterocycles. The van der Waals surface area contributed by atoms with Crippen molar-refractivity contribution in [1.82, 2.24) is 18.8 Å². The largest absolute Gasteiger partial charge is 0.330 e. The van der Waals surface area contributed by atoms with Crippen molar-refractivity contribution in [2.45, 2.75) is 17.9 Å². The molecule has 0 radical (unpaired) electrons. The number of nitrogens with one attached hydrogen (secondary N) is 1. The molecular formula is C11H18N4O4S. The van der Waals surface area contributed by atoms with Crippen LogP contribution in [-0.2, 0) is 24.1 Å². The summed E-state index contributed by atoms with van der Waals surface area (Å²) in [7, 11) is -1.20. The van der Waals surface area contributed by atoms with E-state index in [-0.39, 0.29) is 10.9 Å². The Labute approximate surface area is 116 Å². The molecule has 1 aliphatic heterocycles. The first-order valence-electron chi connectivity index (χ1n) is 6.25. The Morgan fingerprint density at radius 1 is 1.30 bits per heavy atom. The summed E-state index contributed by atoms with van der Waals surface area (Å²) in [5.74, 6) is 0. The molecule has 0 aromatic carbocycles. The Morgan fingerprint density at radius 2 is 1.95 bits per heavy atom. The van der Waals surface area contributed by atoms with Crippen molar-refractivity contribution in [2.24, 2.45) is 14.1 Å². The van der Waals surface area contributed by atoms with Gasteiger partial charge in [-0.3, -0.25) is 9.36 Å². The molecule has 1 atom stereocenters. The summed E-state index contributed by atoms with van der Waals surface area (Å²) in [5.41, 5.74) is -1.35. The lowest BCUT2D eigenvalue weighted by Crippen LogP contribution is -2.52. The highest BCUT2D eigenvalue weighted by Crippen LogP contribution is 2.13. The van der Waals surface area contributed by atoms with Gasteiger partial charge in [0.05, 0.1) is 0 Å². The van der Waals surface area contributed by atoms with E-state index in [1.54, 1.807) is 0 Å². The van der Waals surface area contributed by atoms with Gasteiger partial charge in [0.1, 0.15) is 0 Å². The maximum atomic E-state index is 12.5. The van der Waals surface area contributed by atoms with Crippen LogP contribution in [0.4, 0.5) is 0 Å². The standard InChI is InChI=1S/C11H18N4O4S/c1-8-6-15(5-4-12-8)20(18,19)9-7-13(2)11(17)14(3)10(9)16/h7-8,12H,4-6H2,1-3H3/t8-/m1/s1. The molecule has 0 bridgehead atoms. The summed E-state index contributed by atoms with van der Waals surface area (Å²) in [4.78, 5) is 23.3. The second kappa shape index (κ2) is 5.15. The number of aryl methyl sites for hydroxylation is 1. The summed E-state index contributed by atoms with van der Waals surface area (Å²) in [6, 6.07) is 0.0231. The molecule has 2 rings (SSSR count). The molecular weight excluding hydrogens is 284 g/mol. The van der Waals surface area contributed by atoms with Gasteiger partial charge in [0.25, 0.3) is 5.56 Å². The van der Waals surface area contributed by atoms with Crippen LogP contribution in [0, 0.1) is 0 Å². The van der Waals surface area contributed by atoms with Crippen LogP contribution >= 0.6 is 0 Å². The molecule has 0 spiro atoms. The Bertz CT molecular complexity index is 734. The predicted octanol–water partition coefficient (Wildman–Crippen LogP) is -1.93. The van der Waals surface area contributed by atoms with Crippen LogP contribution in [0.3, 0.4) is 0 Å². The molecule has 1 fully saturated rings. The Morgan fingerprint density at radius 3 is 2.55 bits per heavy atom. The fourth-order valence-electron chi connectivity index (χ4n) is 2.21. The third kappa shape index (κ3) is 2.43. The maximum absolute atomic E-state index is 12.5. The molecule has 0 unspecified atom stereocenters. The molecule has 0 aliphatic carbocycles. The van der Waals surface area contributed by atoms with Crippen molar-refractivity contribution >= 4 is 10.0 Å². The van der Waals surface area contributed by atoms with Gasteiger partial charge < -0.3 is 9.88 Å². The highest BCUT2D eigenvalue weighted by atomic mass is 32.2. The van der Waals surface area contributed by atoms with E-state index in [4.69, 9.17) is 0 Å². The number of aromatic nitrogens is 2. The second-order valence-electron chi connectivity index (χ2n) is 4.97. The van der Waals surface area contributed by atoms with Gasteiger partial charge in [-0.15, -0.1) is 0 Å². The number of nitrogens with zero attached hydrogens (tertiary/aromatic N) is 3. The van der Waals surface area contributed by atoms with Gasteiger partial charge in [-0.05, 0) is 6.92 Å². The zero-order chi connectivity index (χ0) is 15.1. The lowest BCUT2D eigenvalue weighted by Gasteiger charge is -2.30. The van der Waals surface area contributed by atoms with Crippen molar-refractivity contribution in [2.75, 3.05) is 19.6 Å². The molecule has 1 N–H and O–H groups in total. The van der Waals surface area contributed by atoms with Gasteiger partial charge in [0, 0.05) is 46.0 Å². The lowest BCUT2D eigenvalue weighted by molar-refractivity contribution is 0.309. The summed E-state index contributed by atoms with van der Waals surface area (Å²) in [6.07, 6.45) is 1.09. The minimum absolute atomic E-state index is 0.0231.